The van der Waals surface area contributed by atoms with Gasteiger partial charge in [0.25, 0.3) is 0 Å². The van der Waals surface area contributed by atoms with Crippen molar-refractivity contribution < 1.29 is 0 Å². The van der Waals surface area contributed by atoms with Crippen LogP contribution in [0.15, 0.2) is 24.3 Å². The number of thioether (sulfide) groups is 1. The number of benzene rings is 1. The molecule has 0 aliphatic rings. The molecule has 4 heteroatoms. The third-order valence-corrected chi connectivity index (χ3v) is 6.09. The molecule has 0 unspecified atom stereocenters. The molecule has 0 fully saturated rings. The highest BCUT2D eigenvalue weighted by Gasteiger charge is 2.24. The summed E-state index contributed by atoms with van der Waals surface area (Å²) in [5.74, 6) is 1.14. The van der Waals surface area contributed by atoms with Gasteiger partial charge in [0.2, 0.25) is 0 Å². The normalized spacial score (nSPS) is 12.2. The van der Waals surface area contributed by atoms with Gasteiger partial charge in [0.1, 0.15) is 5.82 Å². The average molecular weight is 305 g/mol. The number of hydrogen-bond acceptors (Lipinski definition) is 3. The molecule has 0 saturated heterocycles. The first kappa shape index (κ1) is 16.4. The highest BCUT2D eigenvalue weighted by atomic mass is 32.2. The van der Waals surface area contributed by atoms with Gasteiger partial charge < -0.3 is 9.88 Å². The molecule has 2 rings (SSSR count). The zero-order chi connectivity index (χ0) is 15.3. The molecule has 21 heavy (non-hydrogen) atoms. The minimum Gasteiger partial charge on any atom is -0.327 e. The van der Waals surface area contributed by atoms with Crippen LogP contribution in [0, 0.1) is 0 Å². The summed E-state index contributed by atoms with van der Waals surface area (Å²) in [5.41, 5.74) is 2.33. The van der Waals surface area contributed by atoms with E-state index in [2.05, 4.69) is 61.2 Å². The molecule has 0 radical (unpaired) electrons. The van der Waals surface area contributed by atoms with Crippen LogP contribution in [0.3, 0.4) is 0 Å². The number of nitrogens with one attached hydrogen (secondary N) is 1. The standard InChI is InChI=1S/C17H27N3S/c1-5-17(6-2,21-4)13-18-12-16-19-14-10-8-9-11-15(14)20(16)7-3/h8-11,18H,5-7,12-13H2,1-4H3. The Hall–Kier alpha value is -1.00. The molecule has 0 atom stereocenters. The van der Waals surface area contributed by atoms with Crippen molar-refractivity contribution in [2.45, 2.75) is 51.4 Å². The van der Waals surface area contributed by atoms with Crippen molar-refractivity contribution in [2.24, 2.45) is 0 Å². The van der Waals surface area contributed by atoms with Crippen LogP contribution in [0.25, 0.3) is 11.0 Å². The van der Waals surface area contributed by atoms with Crippen LogP contribution in [0.1, 0.15) is 39.4 Å². The minimum absolute atomic E-state index is 0.350. The number of nitrogens with zero attached hydrogens (tertiary/aromatic N) is 2. The molecule has 116 valence electrons. The van der Waals surface area contributed by atoms with Crippen molar-refractivity contribution >= 4 is 22.8 Å². The van der Waals surface area contributed by atoms with Crippen molar-refractivity contribution in [1.82, 2.24) is 14.9 Å². The number of imidazole rings is 1. The fourth-order valence-corrected chi connectivity index (χ4v) is 3.70. The van der Waals surface area contributed by atoms with Gasteiger partial charge in [-0.3, -0.25) is 0 Å². The lowest BCUT2D eigenvalue weighted by molar-refractivity contribution is 0.485. The molecule has 1 aromatic carbocycles. The Balaban J connectivity index is 2.10. The summed E-state index contributed by atoms with van der Waals surface area (Å²) in [5, 5.41) is 3.63. The van der Waals surface area contributed by atoms with Crippen LogP contribution in [0.2, 0.25) is 0 Å². The summed E-state index contributed by atoms with van der Waals surface area (Å²) in [6.07, 6.45) is 4.61. The Morgan fingerprint density at radius 1 is 1.19 bits per heavy atom. The maximum Gasteiger partial charge on any atom is 0.123 e. The van der Waals surface area contributed by atoms with Crippen molar-refractivity contribution in [1.29, 1.82) is 0 Å². The van der Waals surface area contributed by atoms with E-state index in [1.54, 1.807) is 0 Å². The van der Waals surface area contributed by atoms with Crippen LogP contribution in [0.4, 0.5) is 0 Å². The molecule has 1 aromatic heterocycles. The smallest absolute Gasteiger partial charge is 0.123 e. The zero-order valence-corrected chi connectivity index (χ0v) is 14.5. The topological polar surface area (TPSA) is 29.9 Å². The highest BCUT2D eigenvalue weighted by Crippen LogP contribution is 2.29. The molecule has 0 bridgehead atoms. The quantitative estimate of drug-likeness (QED) is 0.797. The second-order valence-electron chi connectivity index (χ2n) is 5.46. The maximum atomic E-state index is 4.77. The van der Waals surface area contributed by atoms with Gasteiger partial charge >= 0.3 is 0 Å². The SMILES string of the molecule is CCn1c(CNCC(CC)(CC)SC)nc2ccccc21. The first-order chi connectivity index (χ1) is 10.2. The second kappa shape index (κ2) is 7.32. The second-order valence-corrected chi connectivity index (χ2v) is 6.73. The summed E-state index contributed by atoms with van der Waals surface area (Å²) in [4.78, 5) is 4.77. The van der Waals surface area contributed by atoms with Gasteiger partial charge in [-0.2, -0.15) is 11.8 Å². The summed E-state index contributed by atoms with van der Waals surface area (Å²) >= 11 is 1.98. The number of hydrogen-bond donors (Lipinski definition) is 1. The van der Waals surface area contributed by atoms with Gasteiger partial charge in [-0.05, 0) is 38.2 Å². The molecule has 0 saturated carbocycles. The Kier molecular flexibility index (Phi) is 5.71. The van der Waals surface area contributed by atoms with Gasteiger partial charge in [0.05, 0.1) is 17.6 Å². The first-order valence-electron chi connectivity index (χ1n) is 7.89. The number of fused-ring (bicyclic) bond motifs is 1. The molecule has 0 aliphatic carbocycles. The van der Waals surface area contributed by atoms with Crippen LogP contribution >= 0.6 is 11.8 Å². The van der Waals surface area contributed by atoms with E-state index in [1.807, 2.05) is 11.8 Å². The average Bonchev–Trinajstić information content (AvgIpc) is 2.89. The van der Waals surface area contributed by atoms with Crippen LogP contribution in [-0.4, -0.2) is 27.1 Å². The van der Waals surface area contributed by atoms with E-state index in [1.165, 1.54) is 18.4 Å². The molecule has 2 aromatic rings. The Morgan fingerprint density at radius 2 is 1.90 bits per heavy atom. The van der Waals surface area contributed by atoms with Gasteiger partial charge in [0, 0.05) is 17.8 Å². The monoisotopic (exact) mass is 305 g/mol. The number of para-hydroxylation sites is 2. The lowest BCUT2D eigenvalue weighted by Gasteiger charge is -2.29. The van der Waals surface area contributed by atoms with E-state index in [9.17, 15) is 0 Å². The summed E-state index contributed by atoms with van der Waals surface area (Å²) in [6, 6.07) is 8.38. The zero-order valence-electron chi connectivity index (χ0n) is 13.6. The van der Waals surface area contributed by atoms with Gasteiger partial charge in [-0.1, -0.05) is 26.0 Å². The van der Waals surface area contributed by atoms with Gasteiger partial charge in [-0.25, -0.2) is 4.98 Å². The van der Waals surface area contributed by atoms with Crippen LogP contribution in [-0.2, 0) is 13.1 Å². The van der Waals surface area contributed by atoms with Crippen molar-refractivity contribution in [3.8, 4) is 0 Å². The van der Waals surface area contributed by atoms with E-state index in [0.717, 1.165) is 31.0 Å². The summed E-state index contributed by atoms with van der Waals surface area (Å²) in [7, 11) is 0. The van der Waals surface area contributed by atoms with Crippen LogP contribution in [0.5, 0.6) is 0 Å². The number of aryl methyl sites for hydroxylation is 1. The molecular formula is C17H27N3S. The molecule has 1 heterocycles. The van der Waals surface area contributed by atoms with E-state index in [0.29, 0.717) is 4.75 Å². The molecule has 1 N–H and O–H groups in total. The van der Waals surface area contributed by atoms with Crippen LogP contribution < -0.4 is 5.32 Å². The van der Waals surface area contributed by atoms with Gasteiger partial charge in [-0.15, -0.1) is 0 Å². The van der Waals surface area contributed by atoms with E-state index >= 15 is 0 Å². The summed E-state index contributed by atoms with van der Waals surface area (Å²) in [6.45, 7) is 9.58. The minimum atomic E-state index is 0.350. The fraction of sp³-hybridized carbons (Fsp3) is 0.588. The van der Waals surface area contributed by atoms with Crippen molar-refractivity contribution in [2.75, 3.05) is 12.8 Å². The molecule has 0 amide bonds. The Bertz CT molecular complexity index is 564. The summed E-state index contributed by atoms with van der Waals surface area (Å²) < 4.78 is 2.66. The van der Waals surface area contributed by atoms with Crippen molar-refractivity contribution in [3.63, 3.8) is 0 Å². The molecular weight excluding hydrogens is 278 g/mol. The number of aromatic nitrogens is 2. The third kappa shape index (κ3) is 3.43. The van der Waals surface area contributed by atoms with Gasteiger partial charge in [0.15, 0.2) is 0 Å². The highest BCUT2D eigenvalue weighted by molar-refractivity contribution is 8.00. The Labute approximate surface area is 132 Å². The maximum absolute atomic E-state index is 4.77. The van der Waals surface area contributed by atoms with E-state index in [-0.39, 0.29) is 0 Å². The molecule has 0 spiro atoms. The lowest BCUT2D eigenvalue weighted by atomic mass is 10.0. The number of rotatable bonds is 8. The molecule has 3 nitrogen and oxygen atoms in total. The van der Waals surface area contributed by atoms with E-state index < -0.39 is 0 Å². The first-order valence-corrected chi connectivity index (χ1v) is 9.12. The Morgan fingerprint density at radius 3 is 2.52 bits per heavy atom. The lowest BCUT2D eigenvalue weighted by Crippen LogP contribution is -2.36. The predicted molar refractivity (Wildman–Crippen MR) is 93.9 cm³/mol. The fourth-order valence-electron chi connectivity index (χ4n) is 2.88. The van der Waals surface area contributed by atoms with E-state index in [4.69, 9.17) is 4.98 Å². The largest absolute Gasteiger partial charge is 0.327 e. The third-order valence-electron chi connectivity index (χ3n) is 4.50. The molecule has 0 aliphatic heterocycles. The van der Waals surface area contributed by atoms with Crippen molar-refractivity contribution in [3.05, 3.63) is 30.1 Å². The predicted octanol–water partition coefficient (Wildman–Crippen LogP) is 4.07.